The average Bonchev–Trinajstić information content (AvgIpc) is 2.25. The smallest absolute Gasteiger partial charge is 0.0585 e. The second kappa shape index (κ2) is 6.97. The van der Waals surface area contributed by atoms with Crippen LogP contribution in [-0.2, 0) is 0 Å². The molecule has 0 unspecified atom stereocenters. The van der Waals surface area contributed by atoms with Gasteiger partial charge in [-0.1, -0.05) is 0 Å². The van der Waals surface area contributed by atoms with Crippen LogP contribution in [0.25, 0.3) is 0 Å². The van der Waals surface area contributed by atoms with E-state index in [0.29, 0.717) is 11.8 Å². The van der Waals surface area contributed by atoms with Gasteiger partial charge in [-0.25, -0.2) is 9.98 Å². The highest BCUT2D eigenvalue weighted by Gasteiger charge is 2.20. The van der Waals surface area contributed by atoms with Crippen molar-refractivity contribution < 1.29 is 0 Å². The molecule has 1 aliphatic carbocycles. The van der Waals surface area contributed by atoms with Crippen molar-refractivity contribution in [3.8, 4) is 0 Å². The quantitative estimate of drug-likeness (QED) is 0.544. The molecule has 0 aromatic carbocycles. The Morgan fingerprint density at radius 1 is 0.857 bits per heavy atom. The molecule has 0 spiro atoms. The second-order valence-electron chi connectivity index (χ2n) is 3.75. The Bertz CT molecular complexity index is 229. The monoisotopic (exact) mass is 226 g/mol. The van der Waals surface area contributed by atoms with E-state index < -0.39 is 0 Å². The summed E-state index contributed by atoms with van der Waals surface area (Å²) in [5.41, 5.74) is 0. The molecule has 0 heterocycles. The Hall–Kier alpha value is -0.400. The fourth-order valence-electron chi connectivity index (χ4n) is 1.93. The molecule has 1 aliphatic rings. The first kappa shape index (κ1) is 11.7. The summed E-state index contributed by atoms with van der Waals surface area (Å²) in [6.45, 7) is 1.71. The predicted octanol–water partition coefficient (Wildman–Crippen LogP) is 3.00. The Kier molecular flexibility index (Phi) is 5.81. The molecule has 0 aromatic heterocycles. The lowest BCUT2D eigenvalue weighted by Gasteiger charge is -2.25. The number of aliphatic imine (C=N–C) groups is 2. The lowest BCUT2D eigenvalue weighted by atomic mass is 9.82. The summed E-state index contributed by atoms with van der Waals surface area (Å²) < 4.78 is 0. The van der Waals surface area contributed by atoms with E-state index in [9.17, 15) is 0 Å². The summed E-state index contributed by atoms with van der Waals surface area (Å²) in [5.74, 6) is 1.41. The average molecular weight is 226 g/mol. The van der Waals surface area contributed by atoms with E-state index in [1.54, 1.807) is 0 Å². The van der Waals surface area contributed by atoms with Gasteiger partial charge in [0, 0.05) is 0 Å². The predicted molar refractivity (Wildman–Crippen MR) is 65.2 cm³/mol. The van der Waals surface area contributed by atoms with E-state index in [0.717, 1.165) is 13.1 Å². The van der Waals surface area contributed by atoms with E-state index in [2.05, 4.69) is 44.7 Å². The lowest BCUT2D eigenvalue weighted by Crippen LogP contribution is -2.18. The molecular weight excluding hydrogens is 212 g/mol. The molecule has 0 atom stereocenters. The molecule has 1 rings (SSSR count). The van der Waals surface area contributed by atoms with Gasteiger partial charge in [-0.2, -0.15) is 0 Å². The minimum absolute atomic E-state index is 0.707. The summed E-state index contributed by atoms with van der Waals surface area (Å²) in [5, 5.41) is 4.85. The van der Waals surface area contributed by atoms with Crippen molar-refractivity contribution in [1.29, 1.82) is 0 Å². The van der Waals surface area contributed by atoms with Gasteiger partial charge >= 0.3 is 0 Å². The second-order valence-corrected chi connectivity index (χ2v) is 4.12. The first-order valence-electron chi connectivity index (χ1n) is 4.94. The molecule has 0 amide bonds. The standard InChI is InChI=1S/C10H14N2S2/c13-7-11-5-9-1-2-10(4-3-9)6-12-8-14/h9-10H,1-6H2/t9-,10-. The van der Waals surface area contributed by atoms with E-state index >= 15 is 0 Å². The topological polar surface area (TPSA) is 24.7 Å². The third-order valence-electron chi connectivity index (χ3n) is 2.79. The van der Waals surface area contributed by atoms with Crippen LogP contribution in [0.3, 0.4) is 0 Å². The minimum Gasteiger partial charge on any atom is -0.232 e. The maximum atomic E-state index is 4.55. The SMILES string of the molecule is S=C=NC[C@H]1CC[C@H](CN=C=S)CC1. The van der Waals surface area contributed by atoms with Crippen molar-refractivity contribution >= 4 is 34.8 Å². The van der Waals surface area contributed by atoms with Crippen molar-refractivity contribution in [3.63, 3.8) is 0 Å². The normalized spacial score (nSPS) is 26.0. The van der Waals surface area contributed by atoms with Crippen LogP contribution < -0.4 is 0 Å². The van der Waals surface area contributed by atoms with Crippen LogP contribution in [0.15, 0.2) is 9.98 Å². The zero-order valence-electron chi connectivity index (χ0n) is 8.11. The van der Waals surface area contributed by atoms with Crippen molar-refractivity contribution in [2.45, 2.75) is 25.7 Å². The van der Waals surface area contributed by atoms with Gasteiger partial charge < -0.3 is 0 Å². The summed E-state index contributed by atoms with van der Waals surface area (Å²) in [4.78, 5) is 7.99. The fraction of sp³-hybridized carbons (Fsp3) is 0.800. The molecule has 1 fully saturated rings. The fourth-order valence-corrected chi connectivity index (χ4v) is 2.08. The molecule has 2 nitrogen and oxygen atoms in total. The van der Waals surface area contributed by atoms with Crippen LogP contribution in [0.4, 0.5) is 0 Å². The number of hydrogen-bond donors (Lipinski definition) is 0. The first-order valence-corrected chi connectivity index (χ1v) is 5.75. The highest BCUT2D eigenvalue weighted by Crippen LogP contribution is 2.28. The summed E-state index contributed by atoms with van der Waals surface area (Å²) in [7, 11) is 0. The zero-order valence-corrected chi connectivity index (χ0v) is 9.74. The first-order chi connectivity index (χ1) is 6.86. The molecular formula is C10H14N2S2. The molecule has 76 valence electrons. The van der Waals surface area contributed by atoms with Gasteiger partial charge in [0.15, 0.2) is 0 Å². The van der Waals surface area contributed by atoms with Gasteiger partial charge in [0.25, 0.3) is 0 Å². The van der Waals surface area contributed by atoms with Crippen LogP contribution in [0, 0.1) is 11.8 Å². The van der Waals surface area contributed by atoms with Gasteiger partial charge in [-0.05, 0) is 62.0 Å². The molecule has 0 N–H and O–H groups in total. The van der Waals surface area contributed by atoms with Crippen LogP contribution >= 0.6 is 24.4 Å². The maximum Gasteiger partial charge on any atom is 0.0585 e. The van der Waals surface area contributed by atoms with Gasteiger partial charge in [0.1, 0.15) is 0 Å². The van der Waals surface area contributed by atoms with Crippen molar-refractivity contribution in [2.24, 2.45) is 21.8 Å². The largest absolute Gasteiger partial charge is 0.232 e. The van der Waals surface area contributed by atoms with Crippen molar-refractivity contribution in [1.82, 2.24) is 0 Å². The van der Waals surface area contributed by atoms with Gasteiger partial charge in [-0.3, -0.25) is 0 Å². The number of isothiocyanates is 2. The summed E-state index contributed by atoms with van der Waals surface area (Å²) in [6, 6.07) is 0. The summed E-state index contributed by atoms with van der Waals surface area (Å²) in [6.07, 6.45) is 4.94. The minimum atomic E-state index is 0.707. The van der Waals surface area contributed by atoms with Crippen LogP contribution in [0.2, 0.25) is 0 Å². The van der Waals surface area contributed by atoms with Crippen LogP contribution in [0.1, 0.15) is 25.7 Å². The van der Waals surface area contributed by atoms with Gasteiger partial charge in [-0.15, -0.1) is 0 Å². The third-order valence-corrected chi connectivity index (χ3v) is 3.05. The Labute approximate surface area is 95.5 Å². The van der Waals surface area contributed by atoms with Crippen LogP contribution in [0.5, 0.6) is 0 Å². The molecule has 14 heavy (non-hydrogen) atoms. The van der Waals surface area contributed by atoms with Crippen LogP contribution in [-0.4, -0.2) is 23.4 Å². The Morgan fingerprint density at radius 3 is 1.50 bits per heavy atom. The Balaban J connectivity index is 2.23. The number of nitrogens with zero attached hydrogens (tertiary/aromatic N) is 2. The van der Waals surface area contributed by atoms with Crippen molar-refractivity contribution in [2.75, 3.05) is 13.1 Å². The van der Waals surface area contributed by atoms with E-state index in [-0.39, 0.29) is 0 Å². The van der Waals surface area contributed by atoms with Gasteiger partial charge in [0.2, 0.25) is 0 Å². The van der Waals surface area contributed by atoms with Crippen molar-refractivity contribution in [3.05, 3.63) is 0 Å². The number of rotatable bonds is 4. The highest BCUT2D eigenvalue weighted by molar-refractivity contribution is 7.78. The Morgan fingerprint density at radius 2 is 1.21 bits per heavy atom. The van der Waals surface area contributed by atoms with E-state index in [1.807, 2.05) is 0 Å². The molecule has 4 heteroatoms. The molecule has 0 bridgehead atoms. The van der Waals surface area contributed by atoms with E-state index in [1.165, 1.54) is 25.7 Å². The molecule has 1 saturated carbocycles. The molecule has 0 radical (unpaired) electrons. The van der Waals surface area contributed by atoms with E-state index in [4.69, 9.17) is 0 Å². The maximum absolute atomic E-state index is 4.55. The molecule has 0 aromatic rings. The molecule has 0 saturated heterocycles. The number of hydrogen-bond acceptors (Lipinski definition) is 4. The third kappa shape index (κ3) is 4.21. The summed E-state index contributed by atoms with van der Waals surface area (Å²) >= 11 is 9.10. The zero-order chi connectivity index (χ0) is 10.2. The number of thiocarbonyl (C=S) groups is 2. The highest BCUT2D eigenvalue weighted by atomic mass is 32.1. The van der Waals surface area contributed by atoms with Gasteiger partial charge in [0.05, 0.1) is 23.4 Å². The lowest BCUT2D eigenvalue weighted by molar-refractivity contribution is 0.286. The molecule has 0 aliphatic heterocycles.